The first-order valence-electron chi connectivity index (χ1n) is 8.50. The molecule has 0 fully saturated rings. The zero-order valence-electron chi connectivity index (χ0n) is 15.3. The Morgan fingerprint density at radius 1 is 1.32 bits per heavy atom. The number of halogens is 1. The summed E-state index contributed by atoms with van der Waals surface area (Å²) in [5, 5.41) is 15.3. The smallest absolute Gasteiger partial charge is 0.244 e. The van der Waals surface area contributed by atoms with Crippen LogP contribution in [-0.4, -0.2) is 17.1 Å². The van der Waals surface area contributed by atoms with Crippen LogP contribution in [-0.2, 0) is 4.79 Å². The number of aryl methyl sites for hydroxylation is 1. The minimum Gasteiger partial charge on any atom is -0.273 e. The summed E-state index contributed by atoms with van der Waals surface area (Å²) in [5.74, 6) is -0.664. The summed E-state index contributed by atoms with van der Waals surface area (Å²) in [5.41, 5.74) is 3.27. The molecule has 0 saturated heterocycles. The second-order valence-electron chi connectivity index (χ2n) is 6.10. The zero-order chi connectivity index (χ0) is 20.1. The van der Waals surface area contributed by atoms with Crippen molar-refractivity contribution in [2.45, 2.75) is 19.8 Å². The number of anilines is 1. The largest absolute Gasteiger partial charge is 0.273 e. The second-order valence-corrected chi connectivity index (χ2v) is 7.75. The fraction of sp³-hybridized carbons (Fsp3) is 0.143. The molecule has 0 radical (unpaired) electrons. The first kappa shape index (κ1) is 19.7. The Balaban J connectivity index is 1.92. The van der Waals surface area contributed by atoms with Crippen molar-refractivity contribution in [2.24, 2.45) is 5.10 Å². The van der Waals surface area contributed by atoms with Crippen molar-refractivity contribution >= 4 is 40.7 Å². The maximum atomic E-state index is 12.1. The van der Waals surface area contributed by atoms with Crippen molar-refractivity contribution in [3.63, 3.8) is 0 Å². The molecule has 1 atom stereocenters. The Bertz CT molecular complexity index is 1060. The first-order valence-corrected chi connectivity index (χ1v) is 9.70. The number of rotatable bonds is 5. The Labute approximate surface area is 172 Å². The van der Waals surface area contributed by atoms with Gasteiger partial charge in [0.2, 0.25) is 5.91 Å². The minimum absolute atomic E-state index is 0.203. The van der Waals surface area contributed by atoms with E-state index >= 15 is 0 Å². The molecular weight excluding hydrogens is 392 g/mol. The van der Waals surface area contributed by atoms with Gasteiger partial charge in [0.15, 0.2) is 4.47 Å². The van der Waals surface area contributed by atoms with E-state index in [2.05, 4.69) is 16.2 Å². The number of hydrogen-bond acceptors (Lipinski definition) is 5. The van der Waals surface area contributed by atoms with Crippen LogP contribution in [0.15, 0.2) is 59.8 Å². The summed E-state index contributed by atoms with van der Waals surface area (Å²) in [6, 6.07) is 17.4. The molecule has 0 aliphatic carbocycles. The maximum Gasteiger partial charge on any atom is 0.244 e. The molecule has 3 rings (SSSR count). The standard InChI is InChI=1S/C21H17ClN4OS/c1-14-10-17(26(15(2)27)25-12-16-6-4-3-5-7-16)8-9-18(14)19(11-23)20-13-24-21(22)28-20/h3-10,12-13,19H,1-2H3. The number of amides is 1. The van der Waals surface area contributed by atoms with Crippen LogP contribution in [0.25, 0.3) is 0 Å². The van der Waals surface area contributed by atoms with Crippen LogP contribution in [0.2, 0.25) is 4.47 Å². The van der Waals surface area contributed by atoms with Gasteiger partial charge in [-0.1, -0.05) is 48.0 Å². The lowest BCUT2D eigenvalue weighted by Gasteiger charge is -2.18. The number of nitriles is 1. The first-order chi connectivity index (χ1) is 13.5. The van der Waals surface area contributed by atoms with Crippen LogP contribution in [0.4, 0.5) is 5.69 Å². The summed E-state index contributed by atoms with van der Waals surface area (Å²) in [6.07, 6.45) is 3.27. The molecule has 1 aromatic heterocycles. The van der Waals surface area contributed by atoms with E-state index in [-0.39, 0.29) is 5.91 Å². The third kappa shape index (κ3) is 4.45. The topological polar surface area (TPSA) is 69.3 Å². The van der Waals surface area contributed by atoms with E-state index in [1.807, 2.05) is 49.4 Å². The molecule has 140 valence electrons. The predicted molar refractivity (Wildman–Crippen MR) is 113 cm³/mol. The van der Waals surface area contributed by atoms with Crippen LogP contribution in [0.5, 0.6) is 0 Å². The Morgan fingerprint density at radius 2 is 2.07 bits per heavy atom. The molecule has 1 unspecified atom stereocenters. The van der Waals surface area contributed by atoms with Crippen LogP contribution in [0.3, 0.4) is 0 Å². The molecule has 1 heterocycles. The van der Waals surface area contributed by atoms with Gasteiger partial charge in [-0.15, -0.1) is 11.3 Å². The number of carbonyl (C=O) groups is 1. The average molecular weight is 409 g/mol. The SMILES string of the molecule is CC(=O)N(N=Cc1ccccc1)c1ccc(C(C#N)c2cnc(Cl)s2)c(C)c1. The van der Waals surface area contributed by atoms with Crippen molar-refractivity contribution in [1.82, 2.24) is 4.98 Å². The third-order valence-electron chi connectivity index (χ3n) is 4.14. The van der Waals surface area contributed by atoms with Crippen LogP contribution >= 0.6 is 22.9 Å². The lowest BCUT2D eigenvalue weighted by molar-refractivity contribution is -0.116. The molecule has 0 N–H and O–H groups in total. The molecule has 0 aliphatic heterocycles. The molecule has 0 aliphatic rings. The van der Waals surface area contributed by atoms with E-state index < -0.39 is 5.92 Å². The van der Waals surface area contributed by atoms with E-state index in [4.69, 9.17) is 11.6 Å². The highest BCUT2D eigenvalue weighted by atomic mass is 35.5. The predicted octanol–water partition coefficient (Wildman–Crippen LogP) is 5.15. The minimum atomic E-state index is -0.461. The van der Waals surface area contributed by atoms with Gasteiger partial charge in [0.25, 0.3) is 0 Å². The van der Waals surface area contributed by atoms with Crippen LogP contribution in [0, 0.1) is 18.3 Å². The van der Waals surface area contributed by atoms with Crippen molar-refractivity contribution < 1.29 is 4.79 Å². The van der Waals surface area contributed by atoms with E-state index in [0.717, 1.165) is 21.6 Å². The highest BCUT2D eigenvalue weighted by Gasteiger charge is 2.20. The lowest BCUT2D eigenvalue weighted by atomic mass is 9.94. The van der Waals surface area contributed by atoms with Gasteiger partial charge in [0.1, 0.15) is 5.92 Å². The number of hydrazone groups is 1. The molecule has 5 nitrogen and oxygen atoms in total. The molecule has 0 saturated carbocycles. The molecule has 0 spiro atoms. The molecule has 0 bridgehead atoms. The Morgan fingerprint density at radius 3 is 2.64 bits per heavy atom. The fourth-order valence-electron chi connectivity index (χ4n) is 2.79. The molecular formula is C21H17ClN4OS. The number of carbonyl (C=O) groups excluding carboxylic acids is 1. The van der Waals surface area contributed by atoms with Gasteiger partial charge in [-0.25, -0.2) is 9.99 Å². The summed E-state index contributed by atoms with van der Waals surface area (Å²) < 4.78 is 0.405. The Kier molecular flexibility index (Phi) is 6.19. The Hall–Kier alpha value is -3.01. The highest BCUT2D eigenvalue weighted by Crippen LogP contribution is 2.33. The summed E-state index contributed by atoms with van der Waals surface area (Å²) in [4.78, 5) is 16.9. The number of benzene rings is 2. The van der Waals surface area contributed by atoms with Crippen LogP contribution in [0.1, 0.15) is 34.4 Å². The zero-order valence-corrected chi connectivity index (χ0v) is 16.9. The molecule has 2 aromatic carbocycles. The quantitative estimate of drug-likeness (QED) is 0.433. The summed E-state index contributed by atoms with van der Waals surface area (Å²) >= 11 is 7.20. The van der Waals surface area contributed by atoms with E-state index in [0.29, 0.717) is 10.2 Å². The monoisotopic (exact) mass is 408 g/mol. The fourth-order valence-corrected chi connectivity index (χ4v) is 3.81. The van der Waals surface area contributed by atoms with Crippen molar-refractivity contribution in [3.05, 3.63) is 80.8 Å². The van der Waals surface area contributed by atoms with E-state index in [1.54, 1.807) is 18.5 Å². The van der Waals surface area contributed by atoms with E-state index in [9.17, 15) is 10.1 Å². The number of hydrogen-bond donors (Lipinski definition) is 0. The van der Waals surface area contributed by atoms with Gasteiger partial charge in [-0.05, 0) is 35.7 Å². The maximum absolute atomic E-state index is 12.1. The molecule has 7 heteroatoms. The summed E-state index contributed by atoms with van der Waals surface area (Å²) in [7, 11) is 0. The van der Waals surface area contributed by atoms with Gasteiger partial charge in [0, 0.05) is 18.0 Å². The average Bonchev–Trinajstić information content (AvgIpc) is 3.11. The second kappa shape index (κ2) is 8.79. The van der Waals surface area contributed by atoms with Gasteiger partial charge < -0.3 is 0 Å². The van der Waals surface area contributed by atoms with Crippen molar-refractivity contribution in [1.29, 1.82) is 5.26 Å². The van der Waals surface area contributed by atoms with Crippen molar-refractivity contribution in [3.8, 4) is 6.07 Å². The van der Waals surface area contributed by atoms with Gasteiger partial charge in [0.05, 0.1) is 18.0 Å². The molecule has 3 aromatic rings. The van der Waals surface area contributed by atoms with E-state index in [1.165, 1.54) is 23.3 Å². The number of nitrogens with zero attached hydrogens (tertiary/aromatic N) is 4. The van der Waals surface area contributed by atoms with Gasteiger partial charge in [-0.2, -0.15) is 10.4 Å². The molecule has 1 amide bonds. The third-order valence-corrected chi connectivity index (χ3v) is 5.32. The summed E-state index contributed by atoms with van der Waals surface area (Å²) in [6.45, 7) is 3.37. The number of thiazole rings is 1. The lowest BCUT2D eigenvalue weighted by Crippen LogP contribution is -2.22. The van der Waals surface area contributed by atoms with Gasteiger partial charge >= 0.3 is 0 Å². The highest BCUT2D eigenvalue weighted by molar-refractivity contribution is 7.15. The van der Waals surface area contributed by atoms with Gasteiger partial charge in [-0.3, -0.25) is 4.79 Å². The molecule has 28 heavy (non-hydrogen) atoms. The number of aromatic nitrogens is 1. The van der Waals surface area contributed by atoms with Crippen LogP contribution < -0.4 is 5.01 Å². The van der Waals surface area contributed by atoms with Crippen molar-refractivity contribution in [2.75, 3.05) is 5.01 Å². The normalized spacial score (nSPS) is 11.9.